The van der Waals surface area contributed by atoms with Crippen molar-refractivity contribution in [2.24, 2.45) is 17.8 Å². The highest BCUT2D eigenvalue weighted by Crippen LogP contribution is 2.55. The molecule has 25 heavy (non-hydrogen) atoms. The zero-order valence-corrected chi connectivity index (χ0v) is 14.3. The standard InChI is InChI=1S/C18H23N3O4/c1-11(25-15-3-2-4-19-16(15)21(23)24)17(22)20-18-8-12-5-13(9-18)7-14(6-12)10-18/h2-4,11-14H,5-10H2,1H3,(H,20,22)/t11-,12?,13?,14?,18?/m0/s1. The molecule has 7 heteroatoms. The van der Waals surface area contributed by atoms with Crippen LogP contribution in [0.25, 0.3) is 0 Å². The van der Waals surface area contributed by atoms with Crippen molar-refractivity contribution in [1.29, 1.82) is 0 Å². The van der Waals surface area contributed by atoms with Crippen LogP contribution in [-0.2, 0) is 4.79 Å². The van der Waals surface area contributed by atoms with Gasteiger partial charge in [-0.15, -0.1) is 0 Å². The lowest BCUT2D eigenvalue weighted by Crippen LogP contribution is -2.61. The number of carbonyl (C=O) groups is 1. The number of nitro groups is 1. The Morgan fingerprint density at radius 1 is 1.32 bits per heavy atom. The summed E-state index contributed by atoms with van der Waals surface area (Å²) in [5, 5.41) is 14.3. The van der Waals surface area contributed by atoms with Gasteiger partial charge in [0.05, 0.1) is 0 Å². The monoisotopic (exact) mass is 345 g/mol. The first-order chi connectivity index (χ1) is 11.9. The second-order valence-electron chi connectivity index (χ2n) is 8.03. The van der Waals surface area contributed by atoms with E-state index in [1.165, 1.54) is 31.5 Å². The maximum atomic E-state index is 12.7. The van der Waals surface area contributed by atoms with Gasteiger partial charge in [-0.1, -0.05) is 0 Å². The van der Waals surface area contributed by atoms with Crippen molar-refractivity contribution in [2.45, 2.75) is 57.1 Å². The van der Waals surface area contributed by atoms with E-state index in [-0.39, 0.29) is 23.0 Å². The molecule has 4 fully saturated rings. The highest BCUT2D eigenvalue weighted by molar-refractivity contribution is 5.81. The number of hydrogen-bond acceptors (Lipinski definition) is 5. The summed E-state index contributed by atoms with van der Waals surface area (Å²) in [4.78, 5) is 26.8. The van der Waals surface area contributed by atoms with Crippen LogP contribution < -0.4 is 10.1 Å². The van der Waals surface area contributed by atoms with Crippen molar-refractivity contribution in [3.05, 3.63) is 28.4 Å². The first-order valence-corrected chi connectivity index (χ1v) is 9.02. The first-order valence-electron chi connectivity index (χ1n) is 9.02. The molecule has 7 nitrogen and oxygen atoms in total. The molecule has 0 unspecified atom stereocenters. The highest BCUT2D eigenvalue weighted by atomic mass is 16.6. The number of pyridine rings is 1. The van der Waals surface area contributed by atoms with Crippen LogP contribution in [0.1, 0.15) is 45.4 Å². The summed E-state index contributed by atoms with van der Waals surface area (Å²) in [6.07, 6.45) is 7.65. The summed E-state index contributed by atoms with van der Waals surface area (Å²) in [7, 11) is 0. The minimum absolute atomic E-state index is 0.0284. The first kappa shape index (κ1) is 16.3. The van der Waals surface area contributed by atoms with E-state index >= 15 is 0 Å². The zero-order valence-electron chi connectivity index (χ0n) is 14.3. The van der Waals surface area contributed by atoms with Crippen LogP contribution in [0.5, 0.6) is 5.75 Å². The maximum absolute atomic E-state index is 12.7. The molecular formula is C18H23N3O4. The van der Waals surface area contributed by atoms with Crippen molar-refractivity contribution >= 4 is 11.7 Å². The number of aromatic nitrogens is 1. The molecule has 1 N–H and O–H groups in total. The number of carbonyl (C=O) groups excluding carboxylic acids is 1. The zero-order chi connectivity index (χ0) is 17.6. The van der Waals surface area contributed by atoms with Gasteiger partial charge in [0, 0.05) is 5.54 Å². The molecule has 0 aliphatic heterocycles. The molecule has 5 rings (SSSR count). The molecule has 0 spiro atoms. The average molecular weight is 345 g/mol. The van der Waals surface area contributed by atoms with Crippen molar-refractivity contribution < 1.29 is 14.5 Å². The largest absolute Gasteiger partial charge is 0.473 e. The van der Waals surface area contributed by atoms with Gasteiger partial charge in [-0.3, -0.25) is 4.79 Å². The number of ether oxygens (including phenoxy) is 1. The summed E-state index contributed by atoms with van der Waals surface area (Å²) in [6.45, 7) is 1.63. The van der Waals surface area contributed by atoms with Crippen LogP contribution in [0.4, 0.5) is 5.82 Å². The van der Waals surface area contributed by atoms with E-state index in [0.717, 1.165) is 37.0 Å². The topological polar surface area (TPSA) is 94.4 Å². The Labute approximate surface area is 146 Å². The molecule has 134 valence electrons. The Bertz CT molecular complexity index is 670. The molecule has 1 amide bonds. The molecule has 4 aliphatic rings. The van der Waals surface area contributed by atoms with E-state index in [4.69, 9.17) is 4.74 Å². The molecule has 0 aromatic carbocycles. The minimum atomic E-state index is -0.795. The maximum Gasteiger partial charge on any atom is 0.406 e. The van der Waals surface area contributed by atoms with Crippen LogP contribution in [0.15, 0.2) is 18.3 Å². The fourth-order valence-electron chi connectivity index (χ4n) is 5.48. The van der Waals surface area contributed by atoms with Crippen LogP contribution in [0, 0.1) is 27.9 Å². The van der Waals surface area contributed by atoms with E-state index in [0.29, 0.717) is 0 Å². The molecule has 1 aromatic rings. The van der Waals surface area contributed by atoms with Crippen molar-refractivity contribution in [3.8, 4) is 5.75 Å². The number of hydrogen-bond donors (Lipinski definition) is 1. The van der Waals surface area contributed by atoms with Gasteiger partial charge >= 0.3 is 5.82 Å². The normalized spacial score (nSPS) is 33.7. The van der Waals surface area contributed by atoms with Gasteiger partial charge in [-0.2, -0.15) is 0 Å². The van der Waals surface area contributed by atoms with Crippen molar-refractivity contribution in [1.82, 2.24) is 10.3 Å². The smallest absolute Gasteiger partial charge is 0.406 e. The van der Waals surface area contributed by atoms with E-state index in [1.54, 1.807) is 13.0 Å². The van der Waals surface area contributed by atoms with E-state index < -0.39 is 11.0 Å². The summed E-state index contributed by atoms with van der Waals surface area (Å²) < 4.78 is 5.57. The summed E-state index contributed by atoms with van der Waals surface area (Å²) >= 11 is 0. The molecule has 0 saturated heterocycles. The summed E-state index contributed by atoms with van der Waals surface area (Å²) in [5.74, 6) is 1.68. The van der Waals surface area contributed by atoms with E-state index in [9.17, 15) is 14.9 Å². The lowest BCUT2D eigenvalue weighted by molar-refractivity contribution is -0.390. The van der Waals surface area contributed by atoms with Gasteiger partial charge in [0.25, 0.3) is 5.91 Å². The number of amides is 1. The molecule has 4 saturated carbocycles. The van der Waals surface area contributed by atoms with Crippen LogP contribution in [0.3, 0.4) is 0 Å². The fourth-order valence-corrected chi connectivity index (χ4v) is 5.48. The third-order valence-corrected chi connectivity index (χ3v) is 6.02. The molecule has 1 atom stereocenters. The van der Waals surface area contributed by atoms with Crippen molar-refractivity contribution in [2.75, 3.05) is 0 Å². The quantitative estimate of drug-likeness (QED) is 0.654. The van der Waals surface area contributed by atoms with Gasteiger partial charge in [-0.25, -0.2) is 0 Å². The van der Waals surface area contributed by atoms with Gasteiger partial charge in [0.2, 0.25) is 5.75 Å². The Balaban J connectivity index is 1.44. The number of nitrogens with zero attached hydrogens (tertiary/aromatic N) is 2. The fraction of sp³-hybridized carbons (Fsp3) is 0.667. The molecule has 4 bridgehead atoms. The van der Waals surface area contributed by atoms with Gasteiger partial charge < -0.3 is 20.2 Å². The van der Waals surface area contributed by atoms with Gasteiger partial charge in [0.15, 0.2) is 6.10 Å². The lowest BCUT2D eigenvalue weighted by atomic mass is 9.53. The second-order valence-corrected chi connectivity index (χ2v) is 8.03. The van der Waals surface area contributed by atoms with E-state index in [2.05, 4.69) is 10.3 Å². The average Bonchev–Trinajstić information content (AvgIpc) is 2.53. The molecule has 0 radical (unpaired) electrons. The SMILES string of the molecule is C[C@H](Oc1cccnc1[N+](=O)[O-])C(=O)NC12CC3CC(CC(C3)C1)C2. The molecule has 4 aliphatic carbocycles. The van der Waals surface area contributed by atoms with Crippen LogP contribution in [-0.4, -0.2) is 27.5 Å². The predicted molar refractivity (Wildman–Crippen MR) is 90.0 cm³/mol. The Hall–Kier alpha value is -2.18. The number of rotatable bonds is 5. The van der Waals surface area contributed by atoms with Crippen molar-refractivity contribution in [3.63, 3.8) is 0 Å². The van der Waals surface area contributed by atoms with Gasteiger partial charge in [0.1, 0.15) is 6.20 Å². The second kappa shape index (κ2) is 5.97. The predicted octanol–water partition coefficient (Wildman–Crippen LogP) is 2.84. The van der Waals surface area contributed by atoms with Gasteiger partial charge in [-0.05, 0) is 85.2 Å². The number of nitrogens with one attached hydrogen (secondary N) is 1. The third kappa shape index (κ3) is 3.07. The Kier molecular flexibility index (Phi) is 3.89. The minimum Gasteiger partial charge on any atom is -0.473 e. The molecule has 1 heterocycles. The van der Waals surface area contributed by atoms with Crippen LogP contribution in [0.2, 0.25) is 0 Å². The Morgan fingerprint density at radius 3 is 2.48 bits per heavy atom. The summed E-state index contributed by atoms with van der Waals surface area (Å²) in [5.41, 5.74) is -0.0929. The molecular weight excluding hydrogens is 322 g/mol. The molecule has 1 aromatic heterocycles. The Morgan fingerprint density at radius 2 is 1.92 bits per heavy atom. The highest BCUT2D eigenvalue weighted by Gasteiger charge is 2.51. The van der Waals surface area contributed by atoms with E-state index in [1.807, 2.05) is 0 Å². The lowest BCUT2D eigenvalue weighted by Gasteiger charge is -2.57. The third-order valence-electron chi connectivity index (χ3n) is 6.02. The van der Waals surface area contributed by atoms with Crippen LogP contribution >= 0.6 is 0 Å². The summed E-state index contributed by atoms with van der Waals surface area (Å²) in [6, 6.07) is 3.03.